The van der Waals surface area contributed by atoms with E-state index >= 15 is 4.39 Å². The smallest absolute Gasteiger partial charge is 0.278 e. The molecule has 2 aliphatic heterocycles. The molecule has 5 rings (SSSR count). The van der Waals surface area contributed by atoms with Crippen LogP contribution in [0.1, 0.15) is 36.8 Å². The molecule has 5 nitrogen and oxygen atoms in total. The molecule has 2 aromatic carbocycles. The van der Waals surface area contributed by atoms with Crippen molar-refractivity contribution in [2.45, 2.75) is 44.7 Å². The van der Waals surface area contributed by atoms with Gasteiger partial charge in [-0.25, -0.2) is 17.6 Å². The standard InChI is InChI=1S/C27H30ClF4N5S/c28-22-15-21(6-7-23(22)29)37(38-13-12-35-8-10-36(11-9-35)20-2-1-3-20)17-19-5-4-18(14-24(19)30)25-16-26(27(31)32)34-33-25/h4-7,14-15,20,27H,1-3,8-13,16-17H2. The summed E-state index contributed by atoms with van der Waals surface area (Å²) < 4.78 is 56.7. The van der Waals surface area contributed by atoms with Crippen molar-refractivity contribution in [1.29, 1.82) is 0 Å². The zero-order valence-electron chi connectivity index (χ0n) is 20.9. The molecule has 204 valence electrons. The molecule has 1 saturated carbocycles. The van der Waals surface area contributed by atoms with Gasteiger partial charge in [-0.3, -0.25) is 9.80 Å². The molecule has 0 radical (unpaired) electrons. The molecule has 2 fully saturated rings. The summed E-state index contributed by atoms with van der Waals surface area (Å²) in [6, 6.07) is 9.86. The predicted molar refractivity (Wildman–Crippen MR) is 147 cm³/mol. The number of nitrogens with zero attached hydrogens (tertiary/aromatic N) is 5. The average Bonchev–Trinajstić information content (AvgIpc) is 3.37. The Bertz CT molecular complexity index is 1200. The van der Waals surface area contributed by atoms with Gasteiger partial charge in [0.25, 0.3) is 6.43 Å². The highest BCUT2D eigenvalue weighted by Gasteiger charge is 2.28. The lowest BCUT2D eigenvalue weighted by molar-refractivity contribution is 0.0645. The zero-order chi connectivity index (χ0) is 26.6. The molecular formula is C27H30ClF4N5S. The highest BCUT2D eigenvalue weighted by atomic mass is 35.5. The second-order valence-electron chi connectivity index (χ2n) is 9.85. The Morgan fingerprint density at radius 2 is 1.79 bits per heavy atom. The van der Waals surface area contributed by atoms with Gasteiger partial charge in [-0.2, -0.15) is 10.2 Å². The van der Waals surface area contributed by atoms with Gasteiger partial charge in [0, 0.05) is 67.8 Å². The van der Waals surface area contributed by atoms with Crippen LogP contribution in [0, 0.1) is 11.6 Å². The van der Waals surface area contributed by atoms with E-state index in [-0.39, 0.29) is 23.7 Å². The molecule has 0 aromatic heterocycles. The fraction of sp³-hybridized carbons (Fsp3) is 0.481. The monoisotopic (exact) mass is 567 g/mol. The average molecular weight is 568 g/mol. The highest BCUT2D eigenvalue weighted by molar-refractivity contribution is 8.00. The van der Waals surface area contributed by atoms with Crippen LogP contribution in [-0.2, 0) is 6.54 Å². The molecule has 1 saturated heterocycles. The molecule has 1 aliphatic carbocycles. The third-order valence-corrected chi connectivity index (χ3v) is 8.75. The minimum Gasteiger partial charge on any atom is -0.312 e. The highest BCUT2D eigenvalue weighted by Crippen LogP contribution is 2.31. The fourth-order valence-electron chi connectivity index (χ4n) is 4.89. The van der Waals surface area contributed by atoms with Crippen LogP contribution in [0.4, 0.5) is 23.2 Å². The third kappa shape index (κ3) is 6.52. The Labute approximate surface area is 229 Å². The van der Waals surface area contributed by atoms with Crippen LogP contribution in [0.2, 0.25) is 5.02 Å². The van der Waals surface area contributed by atoms with Gasteiger partial charge in [-0.05, 0) is 49.1 Å². The first-order chi connectivity index (χ1) is 18.4. The van der Waals surface area contributed by atoms with Gasteiger partial charge < -0.3 is 4.31 Å². The Kier molecular flexibility index (Phi) is 8.92. The maximum absolute atomic E-state index is 15.2. The first-order valence-corrected chi connectivity index (χ1v) is 14.2. The van der Waals surface area contributed by atoms with Crippen LogP contribution < -0.4 is 4.31 Å². The van der Waals surface area contributed by atoms with E-state index in [2.05, 4.69) is 20.0 Å². The van der Waals surface area contributed by atoms with E-state index in [9.17, 15) is 13.2 Å². The molecule has 2 heterocycles. The topological polar surface area (TPSA) is 34.4 Å². The lowest BCUT2D eigenvalue weighted by Gasteiger charge is -2.43. The lowest BCUT2D eigenvalue weighted by atomic mass is 9.91. The Morgan fingerprint density at radius 1 is 1.00 bits per heavy atom. The van der Waals surface area contributed by atoms with Crippen molar-refractivity contribution in [1.82, 2.24) is 9.80 Å². The molecule has 0 atom stereocenters. The second kappa shape index (κ2) is 12.4. The molecule has 0 bridgehead atoms. The number of halogens is 5. The van der Waals surface area contributed by atoms with Gasteiger partial charge in [0.05, 0.1) is 17.3 Å². The number of hydrogen-bond acceptors (Lipinski definition) is 6. The van der Waals surface area contributed by atoms with E-state index in [4.69, 9.17) is 11.6 Å². The van der Waals surface area contributed by atoms with Crippen LogP contribution in [0.15, 0.2) is 46.6 Å². The third-order valence-electron chi connectivity index (χ3n) is 7.44. The summed E-state index contributed by atoms with van der Waals surface area (Å²) in [7, 11) is 0. The number of alkyl halides is 2. The molecule has 0 amide bonds. The molecule has 3 aliphatic rings. The van der Waals surface area contributed by atoms with Gasteiger partial charge in [0.1, 0.15) is 17.3 Å². The molecule has 2 aromatic rings. The van der Waals surface area contributed by atoms with E-state index in [1.807, 2.05) is 4.31 Å². The lowest BCUT2D eigenvalue weighted by Crippen LogP contribution is -2.52. The van der Waals surface area contributed by atoms with Gasteiger partial charge in [-0.15, -0.1) is 0 Å². The fourth-order valence-corrected chi connectivity index (χ4v) is 6.12. The summed E-state index contributed by atoms with van der Waals surface area (Å²) >= 11 is 7.60. The summed E-state index contributed by atoms with van der Waals surface area (Å²) in [5, 5.41) is 7.31. The number of hydrogen-bond donors (Lipinski definition) is 0. The Morgan fingerprint density at radius 3 is 2.42 bits per heavy atom. The van der Waals surface area contributed by atoms with E-state index < -0.39 is 18.1 Å². The number of piperazine rings is 1. The maximum Gasteiger partial charge on any atom is 0.278 e. The van der Waals surface area contributed by atoms with Crippen molar-refractivity contribution in [2.24, 2.45) is 10.2 Å². The molecule has 38 heavy (non-hydrogen) atoms. The molecular weight excluding hydrogens is 538 g/mol. The van der Waals surface area contributed by atoms with Crippen molar-refractivity contribution in [3.05, 3.63) is 64.2 Å². The van der Waals surface area contributed by atoms with Gasteiger partial charge in [0.15, 0.2) is 0 Å². The maximum atomic E-state index is 15.2. The first kappa shape index (κ1) is 27.4. The van der Waals surface area contributed by atoms with Crippen molar-refractivity contribution in [3.63, 3.8) is 0 Å². The van der Waals surface area contributed by atoms with Crippen molar-refractivity contribution in [3.8, 4) is 0 Å². The largest absolute Gasteiger partial charge is 0.312 e. The summed E-state index contributed by atoms with van der Waals surface area (Å²) in [4.78, 5) is 5.05. The normalized spacial score (nSPS) is 19.0. The van der Waals surface area contributed by atoms with Crippen LogP contribution in [0.3, 0.4) is 0 Å². The summed E-state index contributed by atoms with van der Waals surface area (Å²) in [6.07, 6.45) is 1.21. The number of rotatable bonds is 10. The summed E-state index contributed by atoms with van der Waals surface area (Å²) in [6.45, 7) is 5.38. The zero-order valence-corrected chi connectivity index (χ0v) is 22.5. The second-order valence-corrected chi connectivity index (χ2v) is 11.4. The van der Waals surface area contributed by atoms with E-state index in [1.165, 1.54) is 31.4 Å². The quantitative estimate of drug-likeness (QED) is 0.251. The van der Waals surface area contributed by atoms with Crippen LogP contribution >= 0.6 is 23.5 Å². The molecule has 11 heteroatoms. The Balaban J connectivity index is 1.22. The van der Waals surface area contributed by atoms with Gasteiger partial charge >= 0.3 is 0 Å². The number of benzene rings is 2. The molecule has 0 spiro atoms. The SMILES string of the molecule is Fc1ccc(N(Cc2ccc(C3=NN=C(C(F)F)C3)cc2F)SCCN2CCN(C3CCC3)CC2)cc1Cl. The molecule has 0 unspecified atom stereocenters. The van der Waals surface area contributed by atoms with Gasteiger partial charge in [0.2, 0.25) is 0 Å². The minimum absolute atomic E-state index is 0.00474. The first-order valence-electron chi connectivity index (χ1n) is 12.9. The minimum atomic E-state index is -2.68. The van der Waals surface area contributed by atoms with Crippen LogP contribution in [-0.4, -0.2) is 72.2 Å². The van der Waals surface area contributed by atoms with Crippen LogP contribution in [0.5, 0.6) is 0 Å². The van der Waals surface area contributed by atoms with E-state index in [1.54, 1.807) is 36.2 Å². The summed E-state index contributed by atoms with van der Waals surface area (Å²) in [5.41, 5.74) is 1.53. The predicted octanol–water partition coefficient (Wildman–Crippen LogP) is 6.26. The van der Waals surface area contributed by atoms with E-state index in [0.717, 1.165) is 44.5 Å². The van der Waals surface area contributed by atoms with Crippen molar-refractivity contribution < 1.29 is 17.6 Å². The Hall–Kier alpha value is -2.14. The molecule has 0 N–H and O–H groups in total. The van der Waals surface area contributed by atoms with Crippen molar-refractivity contribution >= 4 is 40.7 Å². The van der Waals surface area contributed by atoms with Crippen LogP contribution in [0.25, 0.3) is 0 Å². The summed E-state index contributed by atoms with van der Waals surface area (Å²) in [5.74, 6) is -0.201. The van der Waals surface area contributed by atoms with Crippen molar-refractivity contribution in [2.75, 3.05) is 42.8 Å². The van der Waals surface area contributed by atoms with Gasteiger partial charge in [-0.1, -0.05) is 30.2 Å². The number of anilines is 1. The van der Waals surface area contributed by atoms with E-state index in [0.29, 0.717) is 22.5 Å².